The van der Waals surface area contributed by atoms with Gasteiger partial charge in [0.05, 0.1) is 0 Å². The highest BCUT2D eigenvalue weighted by Gasteiger charge is 2.17. The maximum Gasteiger partial charge on any atom is 0.312 e. The summed E-state index contributed by atoms with van der Waals surface area (Å²) in [7, 11) is -3.55. The first kappa shape index (κ1) is 14.1. The fourth-order valence-corrected chi connectivity index (χ4v) is 3.33. The van der Waals surface area contributed by atoms with Gasteiger partial charge in [-0.25, -0.2) is 0 Å². The average molecular weight is 280 g/mol. The maximum atomic E-state index is 11.6. The third kappa shape index (κ3) is 4.10. The van der Waals surface area contributed by atoms with Crippen LogP contribution >= 0.6 is 0 Å². The fraction of sp³-hybridized carbons (Fsp3) is 0.467. The molecule has 0 heterocycles. The van der Waals surface area contributed by atoms with E-state index in [0.29, 0.717) is 11.7 Å². The van der Waals surface area contributed by atoms with Gasteiger partial charge < -0.3 is 4.18 Å². The minimum Gasteiger partial charge on any atom is -0.382 e. The van der Waals surface area contributed by atoms with Gasteiger partial charge in [-0.2, -0.15) is 8.42 Å². The first-order valence-corrected chi connectivity index (χ1v) is 8.31. The second-order valence-corrected chi connectivity index (χ2v) is 6.62. The summed E-state index contributed by atoms with van der Waals surface area (Å²) in [5.74, 6) is 0.782. The molecule has 4 heteroatoms. The zero-order valence-corrected chi connectivity index (χ0v) is 11.9. The molecule has 104 valence electrons. The Bertz CT molecular complexity index is 528. The molecule has 0 bridgehead atoms. The van der Waals surface area contributed by atoms with Crippen LogP contribution in [0.25, 0.3) is 0 Å². The van der Waals surface area contributed by atoms with Gasteiger partial charge in [0.1, 0.15) is 11.5 Å². The van der Waals surface area contributed by atoms with Crippen LogP contribution in [0, 0.1) is 0 Å². The molecular weight excluding hydrogens is 260 g/mol. The largest absolute Gasteiger partial charge is 0.382 e. The summed E-state index contributed by atoms with van der Waals surface area (Å²) in [6.45, 7) is 3.42. The first-order chi connectivity index (χ1) is 9.11. The summed E-state index contributed by atoms with van der Waals surface area (Å²) in [6.07, 6.45) is 7.52. The van der Waals surface area contributed by atoms with Gasteiger partial charge in [0.25, 0.3) is 0 Å². The van der Waals surface area contributed by atoms with Crippen LogP contribution < -0.4 is 4.18 Å². The summed E-state index contributed by atoms with van der Waals surface area (Å²) in [5.41, 5.74) is 1.19. The zero-order chi connectivity index (χ0) is 13.7. The Kier molecular flexibility index (Phi) is 4.64. The number of benzene rings is 1. The Morgan fingerprint density at radius 2 is 2.00 bits per heavy atom. The molecule has 1 aliphatic rings. The zero-order valence-electron chi connectivity index (χ0n) is 11.0. The lowest BCUT2D eigenvalue weighted by molar-refractivity contribution is 0.441. The van der Waals surface area contributed by atoms with Crippen molar-refractivity contribution in [1.82, 2.24) is 0 Å². The van der Waals surface area contributed by atoms with E-state index >= 15 is 0 Å². The van der Waals surface area contributed by atoms with Crippen LogP contribution in [0.1, 0.15) is 43.6 Å². The van der Waals surface area contributed by atoms with Gasteiger partial charge >= 0.3 is 10.1 Å². The molecule has 0 aromatic heterocycles. The molecule has 2 rings (SSSR count). The monoisotopic (exact) mass is 280 g/mol. The van der Waals surface area contributed by atoms with Crippen LogP contribution in [0.2, 0.25) is 0 Å². The van der Waals surface area contributed by atoms with Gasteiger partial charge in [-0.1, -0.05) is 37.5 Å². The molecule has 0 N–H and O–H groups in total. The van der Waals surface area contributed by atoms with E-state index in [0.717, 1.165) is 0 Å². The molecule has 1 saturated carbocycles. The highest BCUT2D eigenvalue weighted by molar-refractivity contribution is 7.87. The molecule has 3 nitrogen and oxygen atoms in total. The molecule has 0 amide bonds. The van der Waals surface area contributed by atoms with Gasteiger partial charge in [-0.05, 0) is 36.5 Å². The van der Waals surface area contributed by atoms with Crippen LogP contribution in [-0.4, -0.2) is 14.2 Å². The van der Waals surface area contributed by atoms with E-state index in [1.54, 1.807) is 6.07 Å². The van der Waals surface area contributed by atoms with E-state index in [1.807, 2.05) is 12.1 Å². The van der Waals surface area contributed by atoms with Crippen LogP contribution in [0.15, 0.2) is 36.9 Å². The smallest absolute Gasteiger partial charge is 0.312 e. The van der Waals surface area contributed by atoms with Crippen molar-refractivity contribution in [2.75, 3.05) is 5.75 Å². The molecule has 0 unspecified atom stereocenters. The standard InChI is InChI=1S/C15H20O3S/c1-2-11-19(16,17)18-15-10-6-9-14(12-15)13-7-4-3-5-8-13/h2,6,9-10,12-13H,1,3-5,7-8,11H2. The van der Waals surface area contributed by atoms with Gasteiger partial charge in [-0.3, -0.25) is 0 Å². The lowest BCUT2D eigenvalue weighted by Gasteiger charge is -2.22. The molecule has 1 fully saturated rings. The second kappa shape index (κ2) is 6.24. The Morgan fingerprint density at radius 1 is 1.26 bits per heavy atom. The van der Waals surface area contributed by atoms with E-state index in [4.69, 9.17) is 4.18 Å². The molecule has 0 atom stereocenters. The van der Waals surface area contributed by atoms with Crippen molar-refractivity contribution < 1.29 is 12.6 Å². The third-order valence-corrected chi connectivity index (χ3v) is 4.57. The van der Waals surface area contributed by atoms with Gasteiger partial charge in [0, 0.05) is 0 Å². The summed E-state index contributed by atoms with van der Waals surface area (Å²) in [6, 6.07) is 7.47. The molecule has 1 aromatic rings. The van der Waals surface area contributed by atoms with Crippen molar-refractivity contribution in [2.24, 2.45) is 0 Å². The van der Waals surface area contributed by atoms with Gasteiger partial charge in [0.15, 0.2) is 0 Å². The SMILES string of the molecule is C=CCS(=O)(=O)Oc1cccc(C2CCCCC2)c1. The Morgan fingerprint density at radius 3 is 2.68 bits per heavy atom. The maximum absolute atomic E-state index is 11.6. The molecule has 1 aromatic carbocycles. The van der Waals surface area contributed by atoms with Crippen molar-refractivity contribution in [3.63, 3.8) is 0 Å². The van der Waals surface area contributed by atoms with Crippen LogP contribution in [0.3, 0.4) is 0 Å². The minimum atomic E-state index is -3.55. The second-order valence-electron chi connectivity index (χ2n) is 5.00. The summed E-state index contributed by atoms with van der Waals surface area (Å²) < 4.78 is 28.3. The molecule has 0 saturated heterocycles. The van der Waals surface area contributed by atoms with Gasteiger partial charge in [0.2, 0.25) is 0 Å². The van der Waals surface area contributed by atoms with Crippen LogP contribution in [0.5, 0.6) is 5.75 Å². The summed E-state index contributed by atoms with van der Waals surface area (Å²) >= 11 is 0. The Hall–Kier alpha value is -1.29. The molecule has 0 spiro atoms. The lowest BCUT2D eigenvalue weighted by Crippen LogP contribution is -2.12. The van der Waals surface area contributed by atoms with E-state index in [9.17, 15) is 8.42 Å². The van der Waals surface area contributed by atoms with E-state index in [-0.39, 0.29) is 5.75 Å². The summed E-state index contributed by atoms with van der Waals surface area (Å²) in [5, 5.41) is 0. The van der Waals surface area contributed by atoms with E-state index in [1.165, 1.54) is 43.7 Å². The fourth-order valence-electron chi connectivity index (χ4n) is 2.58. The highest BCUT2D eigenvalue weighted by atomic mass is 32.2. The van der Waals surface area contributed by atoms with E-state index in [2.05, 4.69) is 12.6 Å². The topological polar surface area (TPSA) is 43.4 Å². The molecule has 0 aliphatic heterocycles. The number of rotatable bonds is 5. The first-order valence-electron chi connectivity index (χ1n) is 6.74. The van der Waals surface area contributed by atoms with Crippen LogP contribution in [-0.2, 0) is 10.1 Å². The minimum absolute atomic E-state index is 0.166. The number of hydrogen-bond acceptors (Lipinski definition) is 3. The van der Waals surface area contributed by atoms with Crippen molar-refractivity contribution in [2.45, 2.75) is 38.0 Å². The Balaban J connectivity index is 2.12. The summed E-state index contributed by atoms with van der Waals surface area (Å²) in [4.78, 5) is 0. The average Bonchev–Trinajstić information content (AvgIpc) is 2.39. The van der Waals surface area contributed by atoms with Gasteiger partial charge in [-0.15, -0.1) is 6.58 Å². The quantitative estimate of drug-likeness (QED) is 0.611. The normalized spacial score (nSPS) is 17.1. The lowest BCUT2D eigenvalue weighted by atomic mass is 9.84. The Labute approximate surface area is 115 Å². The van der Waals surface area contributed by atoms with E-state index < -0.39 is 10.1 Å². The molecule has 0 radical (unpaired) electrons. The molecular formula is C15H20O3S. The van der Waals surface area contributed by atoms with Crippen molar-refractivity contribution >= 4 is 10.1 Å². The third-order valence-electron chi connectivity index (χ3n) is 3.48. The van der Waals surface area contributed by atoms with Crippen molar-refractivity contribution in [3.05, 3.63) is 42.5 Å². The highest BCUT2D eigenvalue weighted by Crippen LogP contribution is 2.34. The van der Waals surface area contributed by atoms with Crippen molar-refractivity contribution in [3.8, 4) is 5.75 Å². The van der Waals surface area contributed by atoms with Crippen molar-refractivity contribution in [1.29, 1.82) is 0 Å². The van der Waals surface area contributed by atoms with Crippen LogP contribution in [0.4, 0.5) is 0 Å². The molecule has 1 aliphatic carbocycles. The number of hydrogen-bond donors (Lipinski definition) is 0. The predicted molar refractivity (Wildman–Crippen MR) is 76.9 cm³/mol. The molecule has 19 heavy (non-hydrogen) atoms. The predicted octanol–water partition coefficient (Wildman–Crippen LogP) is 3.63.